The molecule has 0 atom stereocenters. The monoisotopic (exact) mass is 280 g/mol. The summed E-state index contributed by atoms with van der Waals surface area (Å²) >= 11 is 0. The molecule has 0 spiro atoms. The van der Waals surface area contributed by atoms with Gasteiger partial charge in [-0.2, -0.15) is 0 Å². The van der Waals surface area contributed by atoms with Gasteiger partial charge in [0.15, 0.2) is 0 Å². The van der Waals surface area contributed by atoms with Crippen molar-refractivity contribution in [1.29, 1.82) is 0 Å². The van der Waals surface area contributed by atoms with E-state index in [1.165, 1.54) is 0 Å². The second kappa shape index (κ2) is 9.72. The predicted molar refractivity (Wildman–Crippen MR) is 82.4 cm³/mol. The van der Waals surface area contributed by atoms with Gasteiger partial charge in [0.1, 0.15) is 12.4 Å². The lowest BCUT2D eigenvalue weighted by molar-refractivity contribution is 0.0770. The van der Waals surface area contributed by atoms with Crippen molar-refractivity contribution in [3.05, 3.63) is 23.5 Å². The minimum absolute atomic E-state index is 0.319. The van der Waals surface area contributed by atoms with Crippen LogP contribution >= 0.6 is 0 Å². The lowest BCUT2D eigenvalue weighted by Gasteiger charge is -2.11. The molecular formula is C16H28N2O2. The van der Waals surface area contributed by atoms with Gasteiger partial charge >= 0.3 is 0 Å². The largest absolute Gasteiger partial charge is 0.490 e. The molecule has 0 saturated heterocycles. The van der Waals surface area contributed by atoms with Crippen LogP contribution in [0.15, 0.2) is 12.1 Å². The van der Waals surface area contributed by atoms with Crippen LogP contribution in [0, 0.1) is 6.92 Å². The van der Waals surface area contributed by atoms with E-state index in [0.717, 1.165) is 49.7 Å². The summed E-state index contributed by atoms with van der Waals surface area (Å²) in [6.07, 6.45) is 2.25. The third-order valence-corrected chi connectivity index (χ3v) is 2.89. The predicted octanol–water partition coefficient (Wildman–Crippen LogP) is 2.74. The first-order chi connectivity index (χ1) is 9.63. The van der Waals surface area contributed by atoms with E-state index in [9.17, 15) is 0 Å². The van der Waals surface area contributed by atoms with Gasteiger partial charge in [0.2, 0.25) is 0 Å². The van der Waals surface area contributed by atoms with Gasteiger partial charge in [0.25, 0.3) is 0 Å². The van der Waals surface area contributed by atoms with E-state index in [4.69, 9.17) is 9.47 Å². The minimum Gasteiger partial charge on any atom is -0.490 e. The number of nitrogens with zero attached hydrogens (tertiary/aromatic N) is 1. The van der Waals surface area contributed by atoms with E-state index in [1.807, 2.05) is 19.1 Å². The number of pyridine rings is 1. The fourth-order valence-electron chi connectivity index (χ4n) is 1.86. The quantitative estimate of drug-likeness (QED) is 0.669. The first-order valence-electron chi connectivity index (χ1n) is 7.55. The maximum atomic E-state index is 5.77. The molecule has 1 heterocycles. The van der Waals surface area contributed by atoms with Gasteiger partial charge < -0.3 is 14.8 Å². The van der Waals surface area contributed by atoms with E-state index >= 15 is 0 Å². The standard InChI is InChI=1S/C16H28N2O2/c1-5-15-16(8-7-14(4)18-15)20-12-10-17-9-6-11-19-13(2)3/h7-8,13,17H,5-6,9-12H2,1-4H3. The number of ether oxygens (including phenoxy) is 2. The van der Waals surface area contributed by atoms with E-state index in [-0.39, 0.29) is 0 Å². The third-order valence-electron chi connectivity index (χ3n) is 2.89. The van der Waals surface area contributed by atoms with Crippen LogP contribution in [0.4, 0.5) is 0 Å². The number of aromatic nitrogens is 1. The van der Waals surface area contributed by atoms with Crippen LogP contribution in [0.1, 0.15) is 38.6 Å². The number of rotatable bonds is 10. The maximum Gasteiger partial charge on any atom is 0.140 e. The molecular weight excluding hydrogens is 252 g/mol. The highest BCUT2D eigenvalue weighted by Gasteiger charge is 2.03. The normalized spacial score (nSPS) is 11.1. The molecule has 4 heteroatoms. The zero-order valence-electron chi connectivity index (χ0n) is 13.2. The topological polar surface area (TPSA) is 43.4 Å². The highest BCUT2D eigenvalue weighted by atomic mass is 16.5. The fourth-order valence-corrected chi connectivity index (χ4v) is 1.86. The van der Waals surface area contributed by atoms with E-state index in [0.29, 0.717) is 12.7 Å². The molecule has 0 aromatic carbocycles. The molecule has 0 radical (unpaired) electrons. The summed E-state index contributed by atoms with van der Waals surface area (Å²) in [5.41, 5.74) is 2.08. The van der Waals surface area contributed by atoms with Crippen molar-refractivity contribution in [2.75, 3.05) is 26.3 Å². The third kappa shape index (κ3) is 6.87. The minimum atomic E-state index is 0.319. The van der Waals surface area contributed by atoms with Crippen molar-refractivity contribution >= 4 is 0 Å². The second-order valence-electron chi connectivity index (χ2n) is 5.12. The number of aryl methyl sites for hydroxylation is 2. The summed E-state index contributed by atoms with van der Waals surface area (Å²) < 4.78 is 11.3. The number of hydrogen-bond donors (Lipinski definition) is 1. The molecule has 0 saturated carbocycles. The van der Waals surface area contributed by atoms with Crippen molar-refractivity contribution in [1.82, 2.24) is 10.3 Å². The van der Waals surface area contributed by atoms with Crippen LogP contribution in [0.3, 0.4) is 0 Å². The van der Waals surface area contributed by atoms with Gasteiger partial charge in [0, 0.05) is 18.8 Å². The van der Waals surface area contributed by atoms with Gasteiger partial charge in [-0.3, -0.25) is 4.98 Å². The summed E-state index contributed by atoms with van der Waals surface area (Å²) in [4.78, 5) is 4.49. The Morgan fingerprint density at radius 2 is 2.00 bits per heavy atom. The van der Waals surface area contributed by atoms with E-state index in [2.05, 4.69) is 31.1 Å². The van der Waals surface area contributed by atoms with Crippen molar-refractivity contribution in [3.8, 4) is 5.75 Å². The summed E-state index contributed by atoms with van der Waals surface area (Å²) in [5, 5.41) is 3.35. The van der Waals surface area contributed by atoms with Crippen LogP contribution < -0.4 is 10.1 Å². The first kappa shape index (κ1) is 16.9. The van der Waals surface area contributed by atoms with Crippen molar-refractivity contribution in [2.45, 2.75) is 46.6 Å². The van der Waals surface area contributed by atoms with Crippen LogP contribution in [-0.2, 0) is 11.2 Å². The molecule has 4 nitrogen and oxygen atoms in total. The Hall–Kier alpha value is -1.13. The molecule has 0 aliphatic rings. The SMILES string of the molecule is CCc1nc(C)ccc1OCCNCCCOC(C)C. The van der Waals surface area contributed by atoms with E-state index in [1.54, 1.807) is 0 Å². The molecule has 1 N–H and O–H groups in total. The van der Waals surface area contributed by atoms with Gasteiger partial charge in [-0.15, -0.1) is 0 Å². The summed E-state index contributed by atoms with van der Waals surface area (Å²) in [5.74, 6) is 0.906. The zero-order chi connectivity index (χ0) is 14.8. The molecule has 1 rings (SSSR count). The lowest BCUT2D eigenvalue weighted by Crippen LogP contribution is -2.23. The molecule has 0 aliphatic carbocycles. The van der Waals surface area contributed by atoms with Crippen LogP contribution in [0.5, 0.6) is 5.75 Å². The molecule has 0 aliphatic heterocycles. The Morgan fingerprint density at radius 3 is 2.70 bits per heavy atom. The highest BCUT2D eigenvalue weighted by molar-refractivity contribution is 5.29. The van der Waals surface area contributed by atoms with Crippen molar-refractivity contribution < 1.29 is 9.47 Å². The highest BCUT2D eigenvalue weighted by Crippen LogP contribution is 2.16. The number of hydrogen-bond acceptors (Lipinski definition) is 4. The Bertz CT molecular complexity index is 381. The summed E-state index contributed by atoms with van der Waals surface area (Å²) in [6.45, 7) is 11.5. The average molecular weight is 280 g/mol. The second-order valence-corrected chi connectivity index (χ2v) is 5.12. The van der Waals surface area contributed by atoms with Gasteiger partial charge in [-0.05, 0) is 52.3 Å². The van der Waals surface area contributed by atoms with Gasteiger partial charge in [-0.25, -0.2) is 0 Å². The molecule has 0 fully saturated rings. The Kier molecular flexibility index (Phi) is 8.23. The fraction of sp³-hybridized carbons (Fsp3) is 0.688. The smallest absolute Gasteiger partial charge is 0.140 e. The molecule has 1 aromatic heterocycles. The Morgan fingerprint density at radius 1 is 1.20 bits per heavy atom. The molecule has 0 bridgehead atoms. The first-order valence-corrected chi connectivity index (χ1v) is 7.55. The average Bonchev–Trinajstić information content (AvgIpc) is 2.42. The molecule has 0 amide bonds. The summed E-state index contributed by atoms with van der Waals surface area (Å²) in [7, 11) is 0. The van der Waals surface area contributed by atoms with Crippen molar-refractivity contribution in [2.24, 2.45) is 0 Å². The van der Waals surface area contributed by atoms with Crippen LogP contribution in [0.25, 0.3) is 0 Å². The lowest BCUT2D eigenvalue weighted by atomic mass is 10.2. The Balaban J connectivity index is 2.12. The van der Waals surface area contributed by atoms with Crippen LogP contribution in [-0.4, -0.2) is 37.4 Å². The summed E-state index contributed by atoms with van der Waals surface area (Å²) in [6, 6.07) is 4.00. The van der Waals surface area contributed by atoms with Gasteiger partial charge in [-0.1, -0.05) is 6.92 Å². The van der Waals surface area contributed by atoms with E-state index < -0.39 is 0 Å². The maximum absolute atomic E-state index is 5.77. The number of nitrogens with one attached hydrogen (secondary N) is 1. The van der Waals surface area contributed by atoms with Crippen molar-refractivity contribution in [3.63, 3.8) is 0 Å². The molecule has 0 unspecified atom stereocenters. The molecule has 20 heavy (non-hydrogen) atoms. The molecule has 114 valence electrons. The van der Waals surface area contributed by atoms with Gasteiger partial charge in [0.05, 0.1) is 11.8 Å². The van der Waals surface area contributed by atoms with Crippen LogP contribution in [0.2, 0.25) is 0 Å². The molecule has 1 aromatic rings. The zero-order valence-corrected chi connectivity index (χ0v) is 13.2. The Labute approximate surface area is 122 Å².